The Labute approximate surface area is 109 Å². The van der Waals surface area contributed by atoms with E-state index in [9.17, 15) is 4.79 Å². The number of carbonyl (C=O) groups is 1. The zero-order chi connectivity index (χ0) is 13.1. The molecular formula is C12H12ClN3O2. The monoisotopic (exact) mass is 265 g/mol. The summed E-state index contributed by atoms with van der Waals surface area (Å²) in [7, 11) is 0. The van der Waals surface area contributed by atoms with E-state index in [1.54, 1.807) is 25.3 Å². The minimum Gasteiger partial charge on any atom is -0.480 e. The number of rotatable bonds is 4. The summed E-state index contributed by atoms with van der Waals surface area (Å²) in [6.07, 6.45) is 1.99. The first-order chi connectivity index (χ1) is 8.63. The Balaban J connectivity index is 2.44. The van der Waals surface area contributed by atoms with Crippen LogP contribution in [-0.2, 0) is 4.79 Å². The maximum atomic E-state index is 11.2. The van der Waals surface area contributed by atoms with Crippen molar-refractivity contribution in [3.8, 4) is 11.3 Å². The van der Waals surface area contributed by atoms with Gasteiger partial charge in [-0.2, -0.15) is 0 Å². The van der Waals surface area contributed by atoms with Gasteiger partial charge in [0.15, 0.2) is 6.04 Å². The normalized spacial score (nSPS) is 12.3. The van der Waals surface area contributed by atoms with Crippen LogP contribution in [0.3, 0.4) is 0 Å². The molecule has 1 atom stereocenters. The van der Waals surface area contributed by atoms with Crippen LogP contribution in [0.25, 0.3) is 11.3 Å². The zero-order valence-corrected chi connectivity index (χ0v) is 10.5. The van der Waals surface area contributed by atoms with E-state index in [0.29, 0.717) is 17.1 Å². The van der Waals surface area contributed by atoms with E-state index in [4.69, 9.17) is 16.7 Å². The molecule has 2 aromatic rings. The van der Waals surface area contributed by atoms with Gasteiger partial charge in [0.1, 0.15) is 0 Å². The van der Waals surface area contributed by atoms with Crippen molar-refractivity contribution in [2.75, 3.05) is 0 Å². The summed E-state index contributed by atoms with van der Waals surface area (Å²) in [5.74, 6) is -0.918. The predicted molar refractivity (Wildman–Crippen MR) is 67.4 cm³/mol. The minimum absolute atomic E-state index is 0.444. The summed E-state index contributed by atoms with van der Waals surface area (Å²) < 4.78 is 1.42. The number of nitrogens with zero attached hydrogens (tertiary/aromatic N) is 3. The molecule has 0 saturated heterocycles. The average molecular weight is 266 g/mol. The molecule has 1 N–H and O–H groups in total. The SMILES string of the molecule is CCC(C(=O)O)n1nncc1-c1ccc(Cl)cc1. The molecule has 0 aliphatic carbocycles. The highest BCUT2D eigenvalue weighted by Crippen LogP contribution is 2.24. The van der Waals surface area contributed by atoms with E-state index in [-0.39, 0.29) is 0 Å². The average Bonchev–Trinajstić information content (AvgIpc) is 2.79. The van der Waals surface area contributed by atoms with Crippen molar-refractivity contribution in [2.45, 2.75) is 19.4 Å². The highest BCUT2D eigenvalue weighted by Gasteiger charge is 2.21. The van der Waals surface area contributed by atoms with Gasteiger partial charge in [0.25, 0.3) is 0 Å². The fourth-order valence-electron chi connectivity index (χ4n) is 1.75. The van der Waals surface area contributed by atoms with Crippen molar-refractivity contribution >= 4 is 17.6 Å². The summed E-state index contributed by atoms with van der Waals surface area (Å²) in [4.78, 5) is 11.2. The lowest BCUT2D eigenvalue weighted by atomic mass is 10.1. The molecule has 18 heavy (non-hydrogen) atoms. The van der Waals surface area contributed by atoms with Gasteiger partial charge in [0.2, 0.25) is 0 Å². The number of carboxylic acids is 1. The molecule has 1 heterocycles. The Kier molecular flexibility index (Phi) is 3.62. The first-order valence-corrected chi connectivity index (χ1v) is 5.90. The van der Waals surface area contributed by atoms with Crippen LogP contribution in [0, 0.1) is 0 Å². The van der Waals surface area contributed by atoms with Gasteiger partial charge >= 0.3 is 5.97 Å². The lowest BCUT2D eigenvalue weighted by molar-refractivity contribution is -0.141. The number of hydrogen-bond donors (Lipinski definition) is 1. The van der Waals surface area contributed by atoms with E-state index >= 15 is 0 Å². The topological polar surface area (TPSA) is 68.0 Å². The lowest BCUT2D eigenvalue weighted by Gasteiger charge is -2.13. The Morgan fingerprint density at radius 2 is 2.11 bits per heavy atom. The Morgan fingerprint density at radius 3 is 2.67 bits per heavy atom. The van der Waals surface area contributed by atoms with Gasteiger partial charge in [0, 0.05) is 10.6 Å². The number of hydrogen-bond acceptors (Lipinski definition) is 3. The molecule has 0 amide bonds. The summed E-state index contributed by atoms with van der Waals surface area (Å²) in [6.45, 7) is 1.80. The Bertz CT molecular complexity index is 551. The molecule has 0 saturated carbocycles. The third-order valence-corrected chi connectivity index (χ3v) is 2.93. The number of aromatic nitrogens is 3. The lowest BCUT2D eigenvalue weighted by Crippen LogP contribution is -2.20. The largest absolute Gasteiger partial charge is 0.480 e. The quantitative estimate of drug-likeness (QED) is 0.923. The molecule has 0 spiro atoms. The third-order valence-electron chi connectivity index (χ3n) is 2.68. The molecule has 0 aliphatic heterocycles. The molecule has 0 radical (unpaired) electrons. The predicted octanol–water partition coefficient (Wildman–Crippen LogP) is 2.63. The summed E-state index contributed by atoms with van der Waals surface area (Å²) in [5, 5.41) is 17.4. The summed E-state index contributed by atoms with van der Waals surface area (Å²) >= 11 is 5.82. The van der Waals surface area contributed by atoms with Gasteiger partial charge < -0.3 is 5.11 Å². The second kappa shape index (κ2) is 5.18. The molecule has 1 unspecified atom stereocenters. The Hall–Kier alpha value is -1.88. The first kappa shape index (κ1) is 12.6. The molecule has 6 heteroatoms. The number of benzene rings is 1. The van der Waals surface area contributed by atoms with Crippen molar-refractivity contribution in [3.05, 3.63) is 35.5 Å². The van der Waals surface area contributed by atoms with E-state index < -0.39 is 12.0 Å². The number of carboxylic acid groups (broad SMARTS) is 1. The molecular weight excluding hydrogens is 254 g/mol. The van der Waals surface area contributed by atoms with Crippen LogP contribution in [0.15, 0.2) is 30.5 Å². The van der Waals surface area contributed by atoms with Crippen LogP contribution in [0.1, 0.15) is 19.4 Å². The standard InChI is InChI=1S/C12H12ClN3O2/c1-2-10(12(17)18)16-11(7-14-15-16)8-3-5-9(13)6-4-8/h3-7,10H,2H2,1H3,(H,17,18). The van der Waals surface area contributed by atoms with Crippen LogP contribution in [0.5, 0.6) is 0 Å². The second-order valence-corrected chi connectivity index (χ2v) is 4.27. The van der Waals surface area contributed by atoms with Gasteiger partial charge in [-0.15, -0.1) is 5.10 Å². The molecule has 0 aliphatic rings. The fourth-order valence-corrected chi connectivity index (χ4v) is 1.88. The van der Waals surface area contributed by atoms with Gasteiger partial charge in [-0.3, -0.25) is 0 Å². The third kappa shape index (κ3) is 2.36. The van der Waals surface area contributed by atoms with E-state index in [1.165, 1.54) is 4.68 Å². The van der Waals surface area contributed by atoms with E-state index in [0.717, 1.165) is 5.56 Å². The van der Waals surface area contributed by atoms with Gasteiger partial charge in [-0.25, -0.2) is 9.48 Å². The number of aliphatic carboxylic acids is 1. The summed E-state index contributed by atoms with van der Waals surface area (Å²) in [5.41, 5.74) is 1.50. The number of halogens is 1. The van der Waals surface area contributed by atoms with Crippen LogP contribution in [-0.4, -0.2) is 26.1 Å². The Morgan fingerprint density at radius 1 is 1.44 bits per heavy atom. The first-order valence-electron chi connectivity index (χ1n) is 5.52. The summed E-state index contributed by atoms with van der Waals surface area (Å²) in [6, 6.07) is 6.41. The molecule has 2 rings (SSSR count). The molecule has 94 valence electrons. The highest BCUT2D eigenvalue weighted by molar-refractivity contribution is 6.30. The van der Waals surface area contributed by atoms with E-state index in [2.05, 4.69) is 10.3 Å². The van der Waals surface area contributed by atoms with Crippen molar-refractivity contribution in [1.29, 1.82) is 0 Å². The zero-order valence-electron chi connectivity index (χ0n) is 9.75. The maximum absolute atomic E-state index is 11.2. The minimum atomic E-state index is -0.918. The van der Waals surface area contributed by atoms with Gasteiger partial charge in [-0.05, 0) is 18.6 Å². The molecule has 1 aromatic carbocycles. The molecule has 1 aromatic heterocycles. The van der Waals surface area contributed by atoms with Crippen molar-refractivity contribution in [3.63, 3.8) is 0 Å². The van der Waals surface area contributed by atoms with Crippen LogP contribution in [0.2, 0.25) is 5.02 Å². The smallest absolute Gasteiger partial charge is 0.328 e. The van der Waals surface area contributed by atoms with Gasteiger partial charge in [-0.1, -0.05) is 35.9 Å². The molecule has 0 bridgehead atoms. The molecule has 0 fully saturated rings. The van der Waals surface area contributed by atoms with Gasteiger partial charge in [0.05, 0.1) is 11.9 Å². The highest BCUT2D eigenvalue weighted by atomic mass is 35.5. The van der Waals surface area contributed by atoms with Crippen molar-refractivity contribution in [2.24, 2.45) is 0 Å². The van der Waals surface area contributed by atoms with Crippen LogP contribution in [0.4, 0.5) is 0 Å². The van der Waals surface area contributed by atoms with Crippen molar-refractivity contribution in [1.82, 2.24) is 15.0 Å². The van der Waals surface area contributed by atoms with Crippen molar-refractivity contribution < 1.29 is 9.90 Å². The van der Waals surface area contributed by atoms with E-state index in [1.807, 2.05) is 12.1 Å². The second-order valence-electron chi connectivity index (χ2n) is 3.83. The van der Waals surface area contributed by atoms with Crippen LogP contribution < -0.4 is 0 Å². The maximum Gasteiger partial charge on any atom is 0.328 e. The van der Waals surface area contributed by atoms with Crippen LogP contribution >= 0.6 is 11.6 Å². The molecule has 5 nitrogen and oxygen atoms in total. The fraction of sp³-hybridized carbons (Fsp3) is 0.250.